The van der Waals surface area contributed by atoms with Gasteiger partial charge in [-0.2, -0.15) is 0 Å². The molecule has 2 fully saturated rings. The van der Waals surface area contributed by atoms with E-state index in [0.29, 0.717) is 43.7 Å². The van der Waals surface area contributed by atoms with Crippen molar-refractivity contribution in [2.75, 3.05) is 26.2 Å². The van der Waals surface area contributed by atoms with E-state index in [2.05, 4.69) is 0 Å². The summed E-state index contributed by atoms with van der Waals surface area (Å²) < 4.78 is 5.59. The third-order valence-corrected chi connectivity index (χ3v) is 7.43. The van der Waals surface area contributed by atoms with E-state index in [1.165, 1.54) is 4.90 Å². The largest absolute Gasteiger partial charge is 0.376 e. The Bertz CT molecular complexity index is 1210. The molecule has 3 amide bonds. The highest BCUT2D eigenvalue weighted by Crippen LogP contribution is 2.28. The normalized spacial score (nSPS) is 20.5. The Labute approximate surface area is 205 Å². The highest BCUT2D eigenvalue weighted by atomic mass is 16.5. The molecular formula is C28H30N2O5. The zero-order valence-electron chi connectivity index (χ0n) is 20.2. The Morgan fingerprint density at radius 2 is 1.69 bits per heavy atom. The molecule has 2 aromatic rings. The van der Waals surface area contributed by atoms with Crippen LogP contribution in [-0.4, -0.2) is 65.6 Å². The SMILES string of the molecule is Cc1ccc(C(=O)C2CCN(C(=O)c3ccc4c(c3)C(=O)N(CC3CCCO3)C4=O)CC2)c(C)c1. The molecule has 0 bridgehead atoms. The molecule has 182 valence electrons. The van der Waals surface area contributed by atoms with Gasteiger partial charge in [0.1, 0.15) is 0 Å². The van der Waals surface area contributed by atoms with Crippen molar-refractivity contribution >= 4 is 23.5 Å². The fraction of sp³-hybridized carbons (Fsp3) is 0.429. The standard InChI is InChI=1S/C28H30N2O5/c1-17-5-7-22(18(2)14-17)25(31)19-9-11-29(12-10-19)26(32)20-6-8-23-24(15-20)28(34)30(27(23)33)16-21-4-3-13-35-21/h5-8,14-15,19,21H,3-4,9-13,16H2,1-2H3. The lowest BCUT2D eigenvalue weighted by Gasteiger charge is -2.31. The van der Waals surface area contributed by atoms with Gasteiger partial charge in [0.05, 0.1) is 23.8 Å². The predicted molar refractivity (Wildman–Crippen MR) is 130 cm³/mol. The average molecular weight is 475 g/mol. The number of hydrogen-bond acceptors (Lipinski definition) is 5. The number of amides is 3. The van der Waals surface area contributed by atoms with Gasteiger partial charge in [-0.3, -0.25) is 24.1 Å². The van der Waals surface area contributed by atoms with E-state index >= 15 is 0 Å². The number of nitrogens with zero attached hydrogens (tertiary/aromatic N) is 2. The maximum atomic E-state index is 13.2. The van der Waals surface area contributed by atoms with Gasteiger partial charge in [-0.15, -0.1) is 0 Å². The van der Waals surface area contributed by atoms with Gasteiger partial charge < -0.3 is 9.64 Å². The van der Waals surface area contributed by atoms with Crippen LogP contribution >= 0.6 is 0 Å². The van der Waals surface area contributed by atoms with Gasteiger partial charge in [0, 0.05) is 36.7 Å². The molecule has 35 heavy (non-hydrogen) atoms. The first kappa shape index (κ1) is 23.4. The maximum Gasteiger partial charge on any atom is 0.261 e. The molecule has 1 unspecified atom stereocenters. The minimum absolute atomic E-state index is 0.106. The summed E-state index contributed by atoms with van der Waals surface area (Å²) in [5, 5.41) is 0. The quantitative estimate of drug-likeness (QED) is 0.486. The Kier molecular flexibility index (Phi) is 6.28. The van der Waals surface area contributed by atoms with Crippen molar-refractivity contribution in [2.45, 2.75) is 45.6 Å². The fourth-order valence-corrected chi connectivity index (χ4v) is 5.42. The minimum atomic E-state index is -0.368. The molecule has 3 aliphatic heterocycles. The Morgan fingerprint density at radius 1 is 0.943 bits per heavy atom. The molecule has 0 N–H and O–H groups in total. The van der Waals surface area contributed by atoms with Crippen molar-refractivity contribution in [1.82, 2.24) is 9.80 Å². The Morgan fingerprint density at radius 3 is 2.37 bits per heavy atom. The van der Waals surface area contributed by atoms with Crippen molar-refractivity contribution in [3.63, 3.8) is 0 Å². The Balaban J connectivity index is 1.24. The lowest BCUT2D eigenvalue weighted by Crippen LogP contribution is -2.40. The number of Topliss-reactive ketones (excluding diaryl/α,β-unsaturated/α-hetero) is 1. The molecule has 1 atom stereocenters. The third-order valence-electron chi connectivity index (χ3n) is 7.43. The summed E-state index contributed by atoms with van der Waals surface area (Å²) in [5.74, 6) is -0.838. The number of ether oxygens (including phenoxy) is 1. The molecule has 2 aromatic carbocycles. The maximum absolute atomic E-state index is 13.2. The number of rotatable bonds is 5. The molecule has 3 aliphatic rings. The zero-order chi connectivity index (χ0) is 24.7. The number of imide groups is 1. The summed E-state index contributed by atoms with van der Waals surface area (Å²) in [5.41, 5.74) is 3.88. The third kappa shape index (κ3) is 4.41. The summed E-state index contributed by atoms with van der Waals surface area (Å²) in [7, 11) is 0. The van der Waals surface area contributed by atoms with Crippen LogP contribution in [0.5, 0.6) is 0 Å². The number of piperidine rings is 1. The topological polar surface area (TPSA) is 84.0 Å². The first-order valence-electron chi connectivity index (χ1n) is 12.4. The van der Waals surface area contributed by atoms with Gasteiger partial charge in [0.2, 0.25) is 0 Å². The van der Waals surface area contributed by atoms with E-state index in [-0.39, 0.29) is 47.6 Å². The van der Waals surface area contributed by atoms with E-state index < -0.39 is 0 Å². The van der Waals surface area contributed by atoms with Crippen LogP contribution in [0.25, 0.3) is 0 Å². The van der Waals surface area contributed by atoms with E-state index in [9.17, 15) is 19.2 Å². The van der Waals surface area contributed by atoms with Crippen LogP contribution in [-0.2, 0) is 4.74 Å². The molecule has 5 rings (SSSR count). The van der Waals surface area contributed by atoms with Crippen LogP contribution in [0, 0.1) is 19.8 Å². The smallest absolute Gasteiger partial charge is 0.261 e. The van der Waals surface area contributed by atoms with Gasteiger partial charge in [0.25, 0.3) is 17.7 Å². The van der Waals surface area contributed by atoms with Gasteiger partial charge in [-0.25, -0.2) is 0 Å². The molecule has 2 saturated heterocycles. The second kappa shape index (κ2) is 9.38. The highest BCUT2D eigenvalue weighted by molar-refractivity contribution is 6.22. The molecule has 3 heterocycles. The summed E-state index contributed by atoms with van der Waals surface area (Å²) in [4.78, 5) is 54.9. The molecule has 0 radical (unpaired) electrons. The van der Waals surface area contributed by atoms with Gasteiger partial charge in [-0.05, 0) is 63.3 Å². The van der Waals surface area contributed by atoms with Gasteiger partial charge >= 0.3 is 0 Å². The number of benzene rings is 2. The van der Waals surface area contributed by atoms with E-state index in [4.69, 9.17) is 4.74 Å². The van der Waals surface area contributed by atoms with Crippen LogP contribution in [0.2, 0.25) is 0 Å². The number of carbonyl (C=O) groups is 4. The molecule has 7 heteroatoms. The summed E-state index contributed by atoms with van der Waals surface area (Å²) in [6, 6.07) is 10.6. The summed E-state index contributed by atoms with van der Waals surface area (Å²) >= 11 is 0. The van der Waals surface area contributed by atoms with E-state index in [0.717, 1.165) is 29.5 Å². The van der Waals surface area contributed by atoms with Crippen LogP contribution in [0.15, 0.2) is 36.4 Å². The minimum Gasteiger partial charge on any atom is -0.376 e. The highest BCUT2D eigenvalue weighted by Gasteiger charge is 2.38. The number of likely N-dealkylation sites (tertiary alicyclic amines) is 1. The second-order valence-electron chi connectivity index (χ2n) is 9.87. The van der Waals surface area contributed by atoms with E-state index in [1.807, 2.05) is 32.0 Å². The Hall–Kier alpha value is -3.32. The second-order valence-corrected chi connectivity index (χ2v) is 9.87. The van der Waals surface area contributed by atoms with Crippen LogP contribution in [0.3, 0.4) is 0 Å². The van der Waals surface area contributed by atoms with Crippen LogP contribution in [0.4, 0.5) is 0 Å². The zero-order valence-corrected chi connectivity index (χ0v) is 20.2. The molecule has 0 spiro atoms. The van der Waals surface area contributed by atoms with Crippen molar-refractivity contribution in [3.8, 4) is 0 Å². The van der Waals surface area contributed by atoms with Crippen LogP contribution < -0.4 is 0 Å². The van der Waals surface area contributed by atoms with Crippen LogP contribution in [0.1, 0.15) is 78.2 Å². The van der Waals surface area contributed by atoms with Crippen molar-refractivity contribution < 1.29 is 23.9 Å². The number of fused-ring (bicyclic) bond motifs is 1. The van der Waals surface area contributed by atoms with Gasteiger partial charge in [0.15, 0.2) is 5.78 Å². The van der Waals surface area contributed by atoms with Crippen molar-refractivity contribution in [3.05, 3.63) is 69.8 Å². The van der Waals surface area contributed by atoms with Crippen molar-refractivity contribution in [2.24, 2.45) is 5.92 Å². The molecular weight excluding hydrogens is 444 g/mol. The lowest BCUT2D eigenvalue weighted by atomic mass is 9.86. The monoisotopic (exact) mass is 474 g/mol. The predicted octanol–water partition coefficient (Wildman–Crippen LogP) is 3.81. The van der Waals surface area contributed by atoms with Gasteiger partial charge in [-0.1, -0.05) is 23.8 Å². The summed E-state index contributed by atoms with van der Waals surface area (Å²) in [6.45, 7) is 5.83. The molecule has 7 nitrogen and oxygen atoms in total. The first-order chi connectivity index (χ1) is 16.8. The molecule has 0 saturated carbocycles. The van der Waals surface area contributed by atoms with E-state index in [1.54, 1.807) is 23.1 Å². The first-order valence-corrected chi connectivity index (χ1v) is 12.4. The number of carbonyl (C=O) groups excluding carboxylic acids is 4. The van der Waals surface area contributed by atoms with Crippen molar-refractivity contribution in [1.29, 1.82) is 0 Å². The molecule has 0 aliphatic carbocycles. The number of aryl methyl sites for hydroxylation is 2. The summed E-state index contributed by atoms with van der Waals surface area (Å²) in [6.07, 6.45) is 2.86. The number of ketones is 1. The average Bonchev–Trinajstić information content (AvgIpc) is 3.46. The lowest BCUT2D eigenvalue weighted by molar-refractivity contribution is 0.0475. The fourth-order valence-electron chi connectivity index (χ4n) is 5.42. The number of hydrogen-bond donors (Lipinski definition) is 0. The molecule has 0 aromatic heterocycles.